The maximum atomic E-state index is 13.8. The Bertz CT molecular complexity index is 358. The van der Waals surface area contributed by atoms with E-state index in [0.717, 1.165) is 25.8 Å². The van der Waals surface area contributed by atoms with Crippen LogP contribution in [-0.4, -0.2) is 25.4 Å². The fourth-order valence-corrected chi connectivity index (χ4v) is 1.83. The van der Waals surface area contributed by atoms with E-state index >= 15 is 0 Å². The Morgan fingerprint density at radius 2 is 2.11 bits per heavy atom. The predicted molar refractivity (Wildman–Crippen MR) is 70.3 cm³/mol. The highest BCUT2D eigenvalue weighted by Gasteiger charge is 2.10. The van der Waals surface area contributed by atoms with Crippen LogP contribution < -0.4 is 10.1 Å². The summed E-state index contributed by atoms with van der Waals surface area (Å²) in [4.78, 5) is 0. The quantitative estimate of drug-likeness (QED) is 0.702. The summed E-state index contributed by atoms with van der Waals surface area (Å²) < 4.78 is 18.7. The third kappa shape index (κ3) is 4.63. The van der Waals surface area contributed by atoms with Gasteiger partial charge in [0.1, 0.15) is 11.6 Å². The first-order valence-electron chi connectivity index (χ1n) is 6.36. The fourth-order valence-electron chi connectivity index (χ4n) is 1.83. The van der Waals surface area contributed by atoms with Crippen LogP contribution in [0.1, 0.15) is 37.8 Å². The average Bonchev–Trinajstić information content (AvgIpc) is 2.38. The zero-order chi connectivity index (χ0) is 13.4. The van der Waals surface area contributed by atoms with E-state index in [1.807, 2.05) is 6.92 Å². The van der Waals surface area contributed by atoms with Gasteiger partial charge in [0, 0.05) is 24.3 Å². The highest BCUT2D eigenvalue weighted by Crippen LogP contribution is 2.21. The van der Waals surface area contributed by atoms with E-state index in [-0.39, 0.29) is 18.5 Å². The molecule has 0 spiro atoms. The van der Waals surface area contributed by atoms with Gasteiger partial charge in [-0.1, -0.05) is 6.07 Å². The first kappa shape index (κ1) is 14.9. The van der Waals surface area contributed by atoms with Crippen molar-refractivity contribution in [2.75, 3.05) is 20.3 Å². The monoisotopic (exact) mass is 255 g/mol. The van der Waals surface area contributed by atoms with Crippen LogP contribution in [0.15, 0.2) is 18.2 Å². The van der Waals surface area contributed by atoms with Gasteiger partial charge < -0.3 is 15.2 Å². The summed E-state index contributed by atoms with van der Waals surface area (Å²) in [6.07, 6.45) is 2.80. The molecular weight excluding hydrogens is 233 g/mol. The molecule has 0 bridgehead atoms. The first-order valence-corrected chi connectivity index (χ1v) is 6.36. The zero-order valence-corrected chi connectivity index (χ0v) is 11.1. The molecule has 102 valence electrons. The number of benzene rings is 1. The Labute approximate surface area is 108 Å². The minimum absolute atomic E-state index is 0.0231. The van der Waals surface area contributed by atoms with Gasteiger partial charge >= 0.3 is 0 Å². The highest BCUT2D eigenvalue weighted by molar-refractivity contribution is 5.30. The lowest BCUT2D eigenvalue weighted by Gasteiger charge is -2.15. The molecule has 0 aliphatic rings. The largest absolute Gasteiger partial charge is 0.497 e. The number of rotatable bonds is 8. The fraction of sp³-hybridized carbons (Fsp3) is 0.571. The van der Waals surface area contributed by atoms with Crippen molar-refractivity contribution in [3.63, 3.8) is 0 Å². The Morgan fingerprint density at radius 3 is 2.72 bits per heavy atom. The topological polar surface area (TPSA) is 41.5 Å². The van der Waals surface area contributed by atoms with Crippen LogP contribution >= 0.6 is 0 Å². The van der Waals surface area contributed by atoms with Crippen molar-refractivity contribution in [1.29, 1.82) is 0 Å². The van der Waals surface area contributed by atoms with E-state index in [4.69, 9.17) is 9.84 Å². The molecular formula is C14H22FNO2. The lowest BCUT2D eigenvalue weighted by molar-refractivity contribution is 0.282. The molecule has 1 aromatic carbocycles. The lowest BCUT2D eigenvalue weighted by atomic mass is 10.1. The number of unbranched alkanes of at least 4 members (excludes halogenated alkanes) is 2. The van der Waals surface area contributed by atoms with Crippen molar-refractivity contribution >= 4 is 0 Å². The van der Waals surface area contributed by atoms with Crippen molar-refractivity contribution in [3.8, 4) is 5.75 Å². The molecule has 0 saturated heterocycles. The van der Waals surface area contributed by atoms with Crippen LogP contribution in [0.4, 0.5) is 4.39 Å². The lowest BCUT2D eigenvalue weighted by Crippen LogP contribution is -2.20. The maximum absolute atomic E-state index is 13.8. The van der Waals surface area contributed by atoms with Crippen molar-refractivity contribution in [2.45, 2.75) is 32.2 Å². The third-order valence-corrected chi connectivity index (χ3v) is 2.96. The number of hydrogen-bond acceptors (Lipinski definition) is 3. The van der Waals surface area contributed by atoms with Gasteiger partial charge in [-0.2, -0.15) is 0 Å². The summed E-state index contributed by atoms with van der Waals surface area (Å²) in [5.41, 5.74) is 0.651. The van der Waals surface area contributed by atoms with Crippen molar-refractivity contribution in [1.82, 2.24) is 5.32 Å². The first-order chi connectivity index (χ1) is 8.69. The second-order valence-electron chi connectivity index (χ2n) is 4.35. The smallest absolute Gasteiger partial charge is 0.131 e. The van der Waals surface area contributed by atoms with Gasteiger partial charge in [0.2, 0.25) is 0 Å². The molecule has 1 unspecified atom stereocenters. The summed E-state index contributed by atoms with van der Waals surface area (Å²) >= 11 is 0. The summed E-state index contributed by atoms with van der Waals surface area (Å²) in [7, 11) is 1.53. The van der Waals surface area contributed by atoms with E-state index < -0.39 is 0 Å². The van der Waals surface area contributed by atoms with Gasteiger partial charge in [0.25, 0.3) is 0 Å². The molecule has 0 aliphatic heterocycles. The Balaban J connectivity index is 2.43. The zero-order valence-electron chi connectivity index (χ0n) is 11.1. The van der Waals surface area contributed by atoms with Crippen LogP contribution in [0.25, 0.3) is 0 Å². The molecule has 0 aromatic heterocycles. The van der Waals surface area contributed by atoms with E-state index in [9.17, 15) is 4.39 Å². The van der Waals surface area contributed by atoms with E-state index in [2.05, 4.69) is 5.32 Å². The van der Waals surface area contributed by atoms with Crippen molar-refractivity contribution in [2.24, 2.45) is 0 Å². The Morgan fingerprint density at radius 1 is 1.33 bits per heavy atom. The molecule has 1 aromatic rings. The summed E-state index contributed by atoms with van der Waals surface area (Å²) in [6, 6.07) is 4.89. The molecule has 0 amide bonds. The number of aliphatic hydroxyl groups excluding tert-OH is 1. The van der Waals surface area contributed by atoms with Gasteiger partial charge in [0.05, 0.1) is 7.11 Å². The number of methoxy groups -OCH3 is 1. The molecule has 1 atom stereocenters. The minimum Gasteiger partial charge on any atom is -0.497 e. The van der Waals surface area contributed by atoms with Gasteiger partial charge in [-0.15, -0.1) is 0 Å². The molecule has 3 nitrogen and oxygen atoms in total. The Kier molecular flexibility index (Phi) is 6.68. The van der Waals surface area contributed by atoms with Crippen LogP contribution in [-0.2, 0) is 0 Å². The molecule has 0 radical (unpaired) electrons. The standard InChI is InChI=1S/C14H22FNO2/c1-11(16-8-4-3-5-9-17)13-7-6-12(18-2)10-14(13)15/h6-7,10-11,16-17H,3-5,8-9H2,1-2H3. The van der Waals surface area contributed by atoms with Crippen LogP contribution in [0, 0.1) is 5.82 Å². The second-order valence-corrected chi connectivity index (χ2v) is 4.35. The van der Waals surface area contributed by atoms with Crippen LogP contribution in [0.5, 0.6) is 5.75 Å². The van der Waals surface area contributed by atoms with Gasteiger partial charge in [-0.05, 0) is 38.8 Å². The third-order valence-electron chi connectivity index (χ3n) is 2.96. The molecule has 0 saturated carbocycles. The molecule has 0 aliphatic carbocycles. The maximum Gasteiger partial charge on any atom is 0.131 e. The van der Waals surface area contributed by atoms with Crippen molar-refractivity contribution in [3.05, 3.63) is 29.6 Å². The van der Waals surface area contributed by atoms with E-state index in [0.29, 0.717) is 11.3 Å². The highest BCUT2D eigenvalue weighted by atomic mass is 19.1. The molecule has 1 rings (SSSR count). The van der Waals surface area contributed by atoms with Crippen LogP contribution in [0.2, 0.25) is 0 Å². The summed E-state index contributed by atoms with van der Waals surface area (Å²) in [5.74, 6) is 0.288. The predicted octanol–water partition coefficient (Wildman–Crippen LogP) is 2.65. The Hall–Kier alpha value is -1.13. The number of ether oxygens (including phenoxy) is 1. The number of aliphatic hydroxyl groups is 1. The summed E-state index contributed by atoms with van der Waals surface area (Å²) in [5, 5.41) is 11.9. The molecule has 0 fully saturated rings. The van der Waals surface area contributed by atoms with Gasteiger partial charge in [-0.25, -0.2) is 4.39 Å². The number of halogens is 1. The molecule has 18 heavy (non-hydrogen) atoms. The average molecular weight is 255 g/mol. The van der Waals surface area contributed by atoms with E-state index in [1.165, 1.54) is 13.2 Å². The number of nitrogens with one attached hydrogen (secondary N) is 1. The van der Waals surface area contributed by atoms with Gasteiger partial charge in [-0.3, -0.25) is 0 Å². The molecule has 2 N–H and O–H groups in total. The molecule has 0 heterocycles. The summed E-state index contributed by atoms with van der Waals surface area (Å²) in [6.45, 7) is 3.01. The normalized spacial score (nSPS) is 12.4. The second kappa shape index (κ2) is 8.06. The molecule has 4 heteroatoms. The van der Waals surface area contributed by atoms with Gasteiger partial charge in [0.15, 0.2) is 0 Å². The van der Waals surface area contributed by atoms with Crippen LogP contribution in [0.3, 0.4) is 0 Å². The van der Waals surface area contributed by atoms with Crippen molar-refractivity contribution < 1.29 is 14.2 Å². The number of hydrogen-bond donors (Lipinski definition) is 2. The van der Waals surface area contributed by atoms with E-state index in [1.54, 1.807) is 12.1 Å². The minimum atomic E-state index is -0.246. The SMILES string of the molecule is COc1ccc(C(C)NCCCCCO)c(F)c1.